The number of alkyl halides is 2. The number of carbonyl (C=O) groups excluding carboxylic acids is 1. The summed E-state index contributed by atoms with van der Waals surface area (Å²) in [4.78, 5) is 13.2. The Morgan fingerprint density at radius 2 is 1.70 bits per heavy atom. The second-order valence-corrected chi connectivity index (χ2v) is 12.4. The number of hydrogen-bond acceptors (Lipinski definition) is 9. The van der Waals surface area contributed by atoms with Gasteiger partial charge in [-0.1, -0.05) is 41.4 Å². The van der Waals surface area contributed by atoms with Gasteiger partial charge in [0.25, 0.3) is 0 Å². The van der Waals surface area contributed by atoms with Gasteiger partial charge in [-0.3, -0.25) is 4.79 Å². The molecule has 16 heteroatoms. The highest BCUT2D eigenvalue weighted by Crippen LogP contribution is 2.38. The molecule has 4 rings (SSSR count). The lowest BCUT2D eigenvalue weighted by molar-refractivity contribution is -0.605. The smallest absolute Gasteiger partial charge is 0.387 e. The van der Waals surface area contributed by atoms with Crippen LogP contribution in [0, 0.1) is 11.1 Å². The molecule has 10 nitrogen and oxygen atoms in total. The van der Waals surface area contributed by atoms with Gasteiger partial charge in [0.15, 0.2) is 23.9 Å². The summed E-state index contributed by atoms with van der Waals surface area (Å²) in [6, 6.07) is 8.95. The maximum Gasteiger partial charge on any atom is 0.387 e. The topological polar surface area (TPSA) is 141 Å². The Morgan fingerprint density at radius 3 is 2.27 bits per heavy atom. The fourth-order valence-corrected chi connectivity index (χ4v) is 5.14. The minimum absolute atomic E-state index is 0. The van der Waals surface area contributed by atoms with E-state index in [1.165, 1.54) is 30.3 Å². The number of pyridine rings is 1. The van der Waals surface area contributed by atoms with Crippen LogP contribution in [0.25, 0.3) is 0 Å². The molecule has 0 bridgehead atoms. The third kappa shape index (κ3) is 10.5. The van der Waals surface area contributed by atoms with Gasteiger partial charge in [-0.25, -0.2) is 0 Å². The lowest BCUT2D eigenvalue weighted by Crippen LogP contribution is -2.35. The predicted molar refractivity (Wildman–Crippen MR) is 160 cm³/mol. The van der Waals surface area contributed by atoms with Gasteiger partial charge in [0.2, 0.25) is 0 Å². The van der Waals surface area contributed by atoms with Crippen molar-refractivity contribution in [2.24, 2.45) is 11.7 Å². The van der Waals surface area contributed by atoms with Crippen molar-refractivity contribution >= 4 is 51.7 Å². The van der Waals surface area contributed by atoms with E-state index in [0.717, 1.165) is 31.5 Å². The van der Waals surface area contributed by atoms with Gasteiger partial charge >= 0.3 is 22.7 Å². The SMILES string of the molecule is CS(=O)(=O)Oc1ccc(C[C@H](N)C(=O)O[C@@H](Cc2c(Cl)c[n+]([O-])cc2Cl)c2ccc(OC(F)F)c(OCC3CC3)c2)cc1.Cl. The first-order valence-corrected chi connectivity index (χ1v) is 15.6. The summed E-state index contributed by atoms with van der Waals surface area (Å²) < 4.78 is 70.2. The van der Waals surface area contributed by atoms with Crippen molar-refractivity contribution < 1.29 is 45.1 Å². The van der Waals surface area contributed by atoms with Gasteiger partial charge in [0, 0.05) is 12.0 Å². The van der Waals surface area contributed by atoms with Crippen LogP contribution in [0.4, 0.5) is 8.78 Å². The average Bonchev–Trinajstić information content (AvgIpc) is 3.74. The first-order valence-electron chi connectivity index (χ1n) is 13.0. The molecule has 2 aromatic carbocycles. The molecule has 240 valence electrons. The molecule has 1 fully saturated rings. The van der Waals surface area contributed by atoms with Gasteiger partial charge in [0.1, 0.15) is 27.9 Å². The second kappa shape index (κ2) is 15.3. The molecule has 0 radical (unpaired) electrons. The van der Waals surface area contributed by atoms with Crippen molar-refractivity contribution in [1.82, 2.24) is 0 Å². The Morgan fingerprint density at radius 1 is 1.07 bits per heavy atom. The van der Waals surface area contributed by atoms with Crippen molar-refractivity contribution in [1.29, 1.82) is 0 Å². The number of hydrogen-bond donors (Lipinski definition) is 1. The highest BCUT2D eigenvalue weighted by Gasteiger charge is 2.28. The molecular formula is C28H29Cl3F2N2O8S. The molecule has 1 aromatic heterocycles. The van der Waals surface area contributed by atoms with E-state index in [1.807, 2.05) is 0 Å². The van der Waals surface area contributed by atoms with Crippen molar-refractivity contribution in [3.63, 3.8) is 0 Å². The van der Waals surface area contributed by atoms with Gasteiger partial charge in [0.05, 0.1) is 12.9 Å². The molecule has 0 unspecified atom stereocenters. The summed E-state index contributed by atoms with van der Waals surface area (Å²) in [6.45, 7) is -2.79. The maximum atomic E-state index is 13.2. The molecule has 1 heterocycles. The third-order valence-electron chi connectivity index (χ3n) is 6.36. The zero-order chi connectivity index (χ0) is 31.3. The monoisotopic (exact) mass is 696 g/mol. The van der Waals surface area contributed by atoms with E-state index in [2.05, 4.69) is 4.74 Å². The molecule has 1 aliphatic carbocycles. The van der Waals surface area contributed by atoms with Crippen molar-refractivity contribution in [3.05, 3.63) is 86.8 Å². The Kier molecular flexibility index (Phi) is 12.3. The van der Waals surface area contributed by atoms with E-state index in [-0.39, 0.29) is 52.5 Å². The number of esters is 1. The first-order chi connectivity index (χ1) is 20.3. The summed E-state index contributed by atoms with van der Waals surface area (Å²) in [5.74, 6) is -0.557. The number of nitrogens with zero attached hydrogens (tertiary/aromatic N) is 1. The Bertz CT molecular complexity index is 1540. The first kappa shape index (κ1) is 35.4. The lowest BCUT2D eigenvalue weighted by Gasteiger charge is -2.23. The van der Waals surface area contributed by atoms with Crippen LogP contribution in [-0.4, -0.2) is 39.9 Å². The summed E-state index contributed by atoms with van der Waals surface area (Å²) >= 11 is 12.6. The van der Waals surface area contributed by atoms with Crippen LogP contribution >= 0.6 is 35.6 Å². The molecule has 2 atom stereocenters. The second-order valence-electron chi connectivity index (χ2n) is 10.0. The van der Waals surface area contributed by atoms with E-state index in [1.54, 1.807) is 12.1 Å². The van der Waals surface area contributed by atoms with Crippen LogP contribution in [0.5, 0.6) is 17.2 Å². The zero-order valence-electron chi connectivity index (χ0n) is 23.2. The number of ether oxygens (including phenoxy) is 3. The summed E-state index contributed by atoms with van der Waals surface area (Å²) in [6.07, 6.45) is 3.88. The van der Waals surface area contributed by atoms with E-state index in [4.69, 9.17) is 42.6 Å². The van der Waals surface area contributed by atoms with Crippen LogP contribution in [0.15, 0.2) is 54.9 Å². The normalized spacial score (nSPS) is 14.3. The standard InChI is InChI=1S/C28H28Cl2F2N2O8S.ClH/c1-43(37,38)42-19-7-4-16(5-8-19)10-23(33)27(35)40-25(12-20-21(29)13-34(36)14-22(20)30)18-6-9-24(41-28(31)32)26(11-18)39-15-17-2-3-17;/h4-9,11,13-14,17,23,25,28H,2-3,10,12,15,33H2,1H3;1H/t23-,25-;/m0./s1. The number of nitrogens with two attached hydrogens (primary N) is 1. The Hall–Kier alpha value is -3.10. The zero-order valence-corrected chi connectivity index (χ0v) is 26.3. The minimum Gasteiger partial charge on any atom is -0.619 e. The highest BCUT2D eigenvalue weighted by molar-refractivity contribution is 7.86. The maximum absolute atomic E-state index is 13.2. The summed E-state index contributed by atoms with van der Waals surface area (Å²) in [5, 5.41) is 11.8. The molecule has 0 saturated heterocycles. The number of benzene rings is 2. The van der Waals surface area contributed by atoms with E-state index >= 15 is 0 Å². The van der Waals surface area contributed by atoms with E-state index in [0.29, 0.717) is 33.9 Å². The summed E-state index contributed by atoms with van der Waals surface area (Å²) in [5.41, 5.74) is 7.41. The van der Waals surface area contributed by atoms with Crippen LogP contribution < -0.4 is 24.1 Å². The molecule has 0 amide bonds. The fourth-order valence-electron chi connectivity index (χ4n) is 4.08. The van der Waals surface area contributed by atoms with Crippen molar-refractivity contribution in [2.45, 2.75) is 44.4 Å². The minimum atomic E-state index is -3.71. The molecule has 3 aromatic rings. The lowest BCUT2D eigenvalue weighted by atomic mass is 10.0. The summed E-state index contributed by atoms with van der Waals surface area (Å²) in [7, 11) is -3.71. The van der Waals surface area contributed by atoms with Gasteiger partial charge < -0.3 is 29.3 Å². The van der Waals surface area contributed by atoms with E-state index < -0.39 is 34.8 Å². The van der Waals surface area contributed by atoms with Crippen LogP contribution in [0.2, 0.25) is 10.0 Å². The van der Waals surface area contributed by atoms with Crippen molar-refractivity contribution in [2.75, 3.05) is 12.9 Å². The van der Waals surface area contributed by atoms with E-state index in [9.17, 15) is 27.2 Å². The molecule has 0 spiro atoms. The van der Waals surface area contributed by atoms with Gasteiger partial charge in [-0.2, -0.15) is 21.9 Å². The fraction of sp³-hybridized carbons (Fsp3) is 0.357. The Labute approximate surface area is 269 Å². The Balaban J connectivity index is 0.00000529. The van der Waals surface area contributed by atoms with Crippen LogP contribution in [-0.2, 0) is 32.5 Å². The van der Waals surface area contributed by atoms with Gasteiger partial charge in [-0.05, 0) is 60.6 Å². The van der Waals surface area contributed by atoms with Crippen LogP contribution in [0.1, 0.15) is 35.6 Å². The van der Waals surface area contributed by atoms with Crippen LogP contribution in [0.3, 0.4) is 0 Å². The third-order valence-corrected chi connectivity index (χ3v) is 7.51. The van der Waals surface area contributed by atoms with Crippen molar-refractivity contribution in [3.8, 4) is 17.2 Å². The number of halogens is 5. The van der Waals surface area contributed by atoms with Gasteiger partial charge in [-0.15, -0.1) is 12.4 Å². The largest absolute Gasteiger partial charge is 0.619 e. The molecule has 1 saturated carbocycles. The average molecular weight is 698 g/mol. The predicted octanol–water partition coefficient (Wildman–Crippen LogP) is 5.17. The highest BCUT2D eigenvalue weighted by atomic mass is 35.5. The molecule has 44 heavy (non-hydrogen) atoms. The quantitative estimate of drug-likeness (QED) is 0.105. The molecule has 2 N–H and O–H groups in total. The number of rotatable bonds is 14. The number of aromatic nitrogens is 1. The molecule has 0 aliphatic heterocycles. The molecule has 1 aliphatic rings. The number of carbonyl (C=O) groups is 1. The molecular weight excluding hydrogens is 669 g/mol.